The number of halogens is 1. The summed E-state index contributed by atoms with van der Waals surface area (Å²) in [6, 6.07) is 10.1. The monoisotopic (exact) mass is 307 g/mol. The van der Waals surface area contributed by atoms with E-state index < -0.39 is 10.9 Å². The van der Waals surface area contributed by atoms with E-state index >= 15 is 0 Å². The van der Waals surface area contributed by atoms with Gasteiger partial charge in [-0.1, -0.05) is 11.6 Å². The fraction of sp³-hybridized carbons (Fsp3) is 0.0714. The van der Waals surface area contributed by atoms with Gasteiger partial charge in [0.25, 0.3) is 0 Å². The number of methoxy groups -OCH3 is 1. The molecule has 0 radical (unpaired) electrons. The van der Waals surface area contributed by atoms with E-state index in [2.05, 4.69) is 4.74 Å². The second-order valence-electron chi connectivity index (χ2n) is 3.99. The Kier molecular flexibility index (Phi) is 4.39. The summed E-state index contributed by atoms with van der Waals surface area (Å²) in [5.41, 5.74) is -0.0929. The normalized spacial score (nSPS) is 10.0. The summed E-state index contributed by atoms with van der Waals surface area (Å²) < 4.78 is 10.0. The lowest BCUT2D eigenvalue weighted by Crippen LogP contribution is -2.02. The van der Waals surface area contributed by atoms with Gasteiger partial charge in [0, 0.05) is 17.2 Å². The van der Waals surface area contributed by atoms with Crippen LogP contribution in [0.15, 0.2) is 42.5 Å². The molecule has 0 unspecified atom stereocenters. The molecule has 0 fully saturated rings. The summed E-state index contributed by atoms with van der Waals surface area (Å²) in [7, 11) is 1.23. The second kappa shape index (κ2) is 6.23. The van der Waals surface area contributed by atoms with Gasteiger partial charge in [0.05, 0.1) is 17.6 Å². The number of rotatable bonds is 4. The first-order chi connectivity index (χ1) is 10.0. The molecule has 2 aromatic rings. The van der Waals surface area contributed by atoms with E-state index in [0.717, 1.165) is 0 Å². The van der Waals surface area contributed by atoms with E-state index in [1.165, 1.54) is 25.3 Å². The van der Waals surface area contributed by atoms with Crippen LogP contribution in [-0.2, 0) is 4.74 Å². The first kappa shape index (κ1) is 14.8. The highest BCUT2D eigenvalue weighted by atomic mass is 35.5. The van der Waals surface area contributed by atoms with Crippen molar-refractivity contribution >= 4 is 23.3 Å². The minimum Gasteiger partial charge on any atom is -0.465 e. The SMILES string of the molecule is COC(=O)c1ccc([N+](=O)[O-])c(Oc2ccc(Cl)cc2)c1. The van der Waals surface area contributed by atoms with Gasteiger partial charge in [-0.25, -0.2) is 4.79 Å². The van der Waals surface area contributed by atoms with E-state index in [9.17, 15) is 14.9 Å². The lowest BCUT2D eigenvalue weighted by molar-refractivity contribution is -0.385. The fourth-order valence-electron chi connectivity index (χ4n) is 1.62. The van der Waals surface area contributed by atoms with Crippen molar-refractivity contribution in [2.45, 2.75) is 0 Å². The van der Waals surface area contributed by atoms with Gasteiger partial charge in [-0.05, 0) is 30.3 Å². The molecule has 108 valence electrons. The van der Waals surface area contributed by atoms with Crippen LogP contribution in [0.25, 0.3) is 0 Å². The van der Waals surface area contributed by atoms with E-state index in [1.807, 2.05) is 0 Å². The lowest BCUT2D eigenvalue weighted by atomic mass is 10.2. The van der Waals surface area contributed by atoms with Crippen LogP contribution in [0.5, 0.6) is 11.5 Å². The Labute approximate surface area is 125 Å². The first-order valence-corrected chi connectivity index (χ1v) is 6.19. The summed E-state index contributed by atoms with van der Waals surface area (Å²) in [5, 5.41) is 11.5. The molecule has 0 aliphatic rings. The van der Waals surface area contributed by atoms with Crippen LogP contribution in [0.2, 0.25) is 5.02 Å². The first-order valence-electron chi connectivity index (χ1n) is 5.81. The average molecular weight is 308 g/mol. The number of hydrogen-bond donors (Lipinski definition) is 0. The zero-order valence-electron chi connectivity index (χ0n) is 10.9. The number of hydrogen-bond acceptors (Lipinski definition) is 5. The molecule has 0 aliphatic heterocycles. The number of benzene rings is 2. The zero-order chi connectivity index (χ0) is 15.4. The summed E-state index contributed by atoms with van der Waals surface area (Å²) >= 11 is 5.76. The molecule has 0 spiro atoms. The van der Waals surface area contributed by atoms with Gasteiger partial charge in [-0.2, -0.15) is 0 Å². The van der Waals surface area contributed by atoms with E-state index in [-0.39, 0.29) is 17.0 Å². The van der Waals surface area contributed by atoms with Gasteiger partial charge in [-0.15, -0.1) is 0 Å². The summed E-state index contributed by atoms with van der Waals surface area (Å²) in [5.74, 6) is -0.291. The molecule has 0 amide bonds. The van der Waals surface area contributed by atoms with Crippen LogP contribution in [-0.4, -0.2) is 18.0 Å². The van der Waals surface area contributed by atoms with Crippen LogP contribution in [0, 0.1) is 10.1 Å². The van der Waals surface area contributed by atoms with Crippen molar-refractivity contribution in [3.8, 4) is 11.5 Å². The summed E-state index contributed by atoms with van der Waals surface area (Å²) in [4.78, 5) is 21.9. The molecule has 2 aromatic carbocycles. The molecule has 21 heavy (non-hydrogen) atoms. The topological polar surface area (TPSA) is 78.7 Å². The molecule has 0 N–H and O–H groups in total. The highest BCUT2D eigenvalue weighted by molar-refractivity contribution is 6.30. The number of nitro benzene ring substituents is 1. The smallest absolute Gasteiger partial charge is 0.337 e. The standard InChI is InChI=1S/C14H10ClNO5/c1-20-14(17)9-2-7-12(16(18)19)13(8-9)21-11-5-3-10(15)4-6-11/h2-8H,1H3. The Balaban J connectivity index is 2.40. The largest absolute Gasteiger partial charge is 0.465 e. The molecule has 0 saturated carbocycles. The van der Waals surface area contributed by atoms with Gasteiger partial charge in [0.15, 0.2) is 0 Å². The van der Waals surface area contributed by atoms with Crippen LogP contribution >= 0.6 is 11.6 Å². The van der Waals surface area contributed by atoms with E-state index in [1.54, 1.807) is 24.3 Å². The van der Waals surface area contributed by atoms with Crippen molar-refractivity contribution in [1.29, 1.82) is 0 Å². The van der Waals surface area contributed by atoms with Crippen LogP contribution < -0.4 is 4.74 Å². The Bertz CT molecular complexity index is 684. The van der Waals surface area contributed by atoms with E-state index in [0.29, 0.717) is 10.8 Å². The molecular formula is C14H10ClNO5. The highest BCUT2D eigenvalue weighted by Gasteiger charge is 2.19. The minimum atomic E-state index is -0.606. The van der Waals surface area contributed by atoms with Gasteiger partial charge < -0.3 is 9.47 Å². The molecule has 0 bridgehead atoms. The van der Waals surface area contributed by atoms with Crippen LogP contribution in [0.4, 0.5) is 5.69 Å². The molecule has 0 saturated heterocycles. The third-order valence-electron chi connectivity index (χ3n) is 2.62. The summed E-state index contributed by atoms with van der Waals surface area (Å²) in [6.45, 7) is 0. The molecular weight excluding hydrogens is 298 g/mol. The van der Waals surface area contributed by atoms with Crippen molar-refractivity contribution in [1.82, 2.24) is 0 Å². The molecule has 0 aromatic heterocycles. The third kappa shape index (κ3) is 3.49. The molecule has 0 heterocycles. The Morgan fingerprint density at radius 2 is 1.86 bits per heavy atom. The molecule has 2 rings (SSSR count). The maximum Gasteiger partial charge on any atom is 0.337 e. The van der Waals surface area contributed by atoms with Crippen molar-refractivity contribution in [3.63, 3.8) is 0 Å². The predicted molar refractivity (Wildman–Crippen MR) is 76.0 cm³/mol. The fourth-order valence-corrected chi connectivity index (χ4v) is 1.75. The van der Waals surface area contributed by atoms with Gasteiger partial charge in [0.2, 0.25) is 5.75 Å². The average Bonchev–Trinajstić information content (AvgIpc) is 2.48. The lowest BCUT2D eigenvalue weighted by Gasteiger charge is -2.08. The minimum absolute atomic E-state index is 0.0507. The van der Waals surface area contributed by atoms with Gasteiger partial charge in [-0.3, -0.25) is 10.1 Å². The number of carbonyl (C=O) groups is 1. The third-order valence-corrected chi connectivity index (χ3v) is 2.87. The molecule has 7 heteroatoms. The van der Waals surface area contributed by atoms with Crippen molar-refractivity contribution < 1.29 is 19.2 Å². The summed E-state index contributed by atoms with van der Waals surface area (Å²) in [6.07, 6.45) is 0. The maximum absolute atomic E-state index is 11.5. The van der Waals surface area contributed by atoms with Gasteiger partial charge in [0.1, 0.15) is 5.75 Å². The number of nitrogens with zero attached hydrogens (tertiary/aromatic N) is 1. The van der Waals surface area contributed by atoms with Crippen molar-refractivity contribution in [2.24, 2.45) is 0 Å². The predicted octanol–water partition coefficient (Wildman–Crippen LogP) is 3.83. The molecule has 6 nitrogen and oxygen atoms in total. The Hall–Kier alpha value is -2.60. The highest BCUT2D eigenvalue weighted by Crippen LogP contribution is 2.32. The molecule has 0 aliphatic carbocycles. The maximum atomic E-state index is 11.5. The van der Waals surface area contributed by atoms with Crippen LogP contribution in [0.3, 0.4) is 0 Å². The number of nitro groups is 1. The van der Waals surface area contributed by atoms with Crippen molar-refractivity contribution in [2.75, 3.05) is 7.11 Å². The van der Waals surface area contributed by atoms with Gasteiger partial charge >= 0.3 is 11.7 Å². The zero-order valence-corrected chi connectivity index (χ0v) is 11.7. The number of carbonyl (C=O) groups excluding carboxylic acids is 1. The Morgan fingerprint density at radius 1 is 1.19 bits per heavy atom. The second-order valence-corrected chi connectivity index (χ2v) is 4.42. The number of ether oxygens (including phenoxy) is 2. The molecule has 0 atom stereocenters. The van der Waals surface area contributed by atoms with E-state index in [4.69, 9.17) is 16.3 Å². The van der Waals surface area contributed by atoms with Crippen molar-refractivity contribution in [3.05, 3.63) is 63.2 Å². The Morgan fingerprint density at radius 3 is 2.43 bits per heavy atom. The number of esters is 1. The van der Waals surface area contributed by atoms with Crippen LogP contribution in [0.1, 0.15) is 10.4 Å². The quantitative estimate of drug-likeness (QED) is 0.487.